The van der Waals surface area contributed by atoms with Crippen LogP contribution >= 0.6 is 15.6 Å². The van der Waals surface area contributed by atoms with Crippen molar-refractivity contribution in [2.75, 3.05) is 39.6 Å². The van der Waals surface area contributed by atoms with E-state index in [2.05, 4.69) is 34.6 Å². The van der Waals surface area contributed by atoms with Gasteiger partial charge in [-0.3, -0.25) is 37.3 Å². The molecule has 3 N–H and O–H groups in total. The van der Waals surface area contributed by atoms with E-state index >= 15 is 0 Å². The second-order valence-electron chi connectivity index (χ2n) is 26.9. The molecule has 0 heterocycles. The third-order valence-electron chi connectivity index (χ3n) is 17.6. The first-order valence-electron chi connectivity index (χ1n) is 38.7. The Morgan fingerprint density at radius 1 is 0.301 bits per heavy atom. The van der Waals surface area contributed by atoms with E-state index in [1.165, 1.54) is 205 Å². The fourth-order valence-corrected chi connectivity index (χ4v) is 12.9. The lowest BCUT2D eigenvalue weighted by atomic mass is 9.99. The molecule has 0 bridgehead atoms. The maximum atomic E-state index is 13.1. The molecule has 0 rings (SSSR count). The number of carbonyl (C=O) groups is 4. The zero-order valence-electron chi connectivity index (χ0n) is 60.4. The Morgan fingerprint density at radius 3 is 0.763 bits per heavy atom. The highest BCUT2D eigenvalue weighted by molar-refractivity contribution is 7.47. The van der Waals surface area contributed by atoms with Crippen LogP contribution in [0.1, 0.15) is 388 Å². The van der Waals surface area contributed by atoms with Gasteiger partial charge in [-0.05, 0) is 31.6 Å². The molecular weight excluding hydrogens is 1220 g/mol. The zero-order chi connectivity index (χ0) is 68.4. The van der Waals surface area contributed by atoms with Gasteiger partial charge in [0.15, 0.2) is 12.2 Å². The Balaban J connectivity index is 5.11. The molecule has 0 radical (unpaired) electrons. The Labute approximate surface area is 568 Å². The summed E-state index contributed by atoms with van der Waals surface area (Å²) in [6, 6.07) is 0. The lowest BCUT2D eigenvalue weighted by Gasteiger charge is -2.21. The van der Waals surface area contributed by atoms with E-state index < -0.39 is 97.5 Å². The number of hydrogen-bond acceptors (Lipinski definition) is 15. The lowest BCUT2D eigenvalue weighted by Crippen LogP contribution is -2.30. The van der Waals surface area contributed by atoms with Crippen LogP contribution in [0.25, 0.3) is 0 Å². The summed E-state index contributed by atoms with van der Waals surface area (Å²) in [6.45, 7) is 7.25. The van der Waals surface area contributed by atoms with Gasteiger partial charge in [0.25, 0.3) is 0 Å². The van der Waals surface area contributed by atoms with E-state index in [4.69, 9.17) is 37.0 Å². The van der Waals surface area contributed by atoms with Crippen LogP contribution in [0.3, 0.4) is 0 Å². The van der Waals surface area contributed by atoms with Crippen molar-refractivity contribution >= 4 is 39.5 Å². The number of hydrogen-bond donors (Lipinski definition) is 3. The number of ether oxygens (including phenoxy) is 4. The van der Waals surface area contributed by atoms with E-state index in [9.17, 15) is 43.2 Å². The van der Waals surface area contributed by atoms with Gasteiger partial charge in [0, 0.05) is 25.7 Å². The molecule has 0 spiro atoms. The first-order valence-corrected chi connectivity index (χ1v) is 41.7. The van der Waals surface area contributed by atoms with Gasteiger partial charge in [-0.2, -0.15) is 0 Å². The average Bonchev–Trinajstić information content (AvgIpc) is 3.45. The van der Waals surface area contributed by atoms with Crippen molar-refractivity contribution in [3.8, 4) is 0 Å². The molecule has 6 atom stereocenters. The van der Waals surface area contributed by atoms with Gasteiger partial charge in [0.05, 0.1) is 26.4 Å². The summed E-state index contributed by atoms with van der Waals surface area (Å²) in [6.07, 6.45) is 55.9. The predicted octanol–water partition coefficient (Wildman–Crippen LogP) is 21.7. The van der Waals surface area contributed by atoms with Gasteiger partial charge in [0.2, 0.25) is 0 Å². The molecule has 0 amide bonds. The Hall–Kier alpha value is -1.94. The highest BCUT2D eigenvalue weighted by atomic mass is 31.2. The standard InChI is InChI=1S/C74H144O17P2/c1-6-10-13-16-18-20-22-23-28-32-36-39-43-48-53-58-72(77)85-64-70(91-74(79)60-55-50-45-41-37-33-30-27-25-24-26-29-31-35-38-42-47-51-56-67(5)9-4)66-89-93(82,83)87-62-68(75)61-86-92(80,81)88-65-69(63-84-71(76)57-52-46-15-12-8-3)90-73(78)59-54-49-44-40-34-21-19-17-14-11-7-2/h67-70,75H,6-66H2,1-5H3,(H,80,81)(H,82,83)/t67?,68-,69+,70+/m0/s1. The number of phosphoric ester groups is 2. The van der Waals surface area contributed by atoms with Crippen LogP contribution in [-0.4, -0.2) is 96.7 Å². The van der Waals surface area contributed by atoms with Gasteiger partial charge in [0.1, 0.15) is 19.3 Å². The molecule has 17 nitrogen and oxygen atoms in total. The minimum atomic E-state index is -4.95. The smallest absolute Gasteiger partial charge is 0.462 e. The SMILES string of the molecule is CCCCCCCCCCCCCCCCCC(=O)OC[C@H](COP(=O)(O)OC[C@@H](O)COP(=O)(O)OC[C@@H](COC(=O)CCCCCCC)OC(=O)CCCCCCCCCCCCC)OC(=O)CCCCCCCCCCCCCCCCCCCCC(C)CC. The van der Waals surface area contributed by atoms with Crippen molar-refractivity contribution in [2.24, 2.45) is 5.92 Å². The summed E-state index contributed by atoms with van der Waals surface area (Å²) in [7, 11) is -9.89. The molecular formula is C74H144O17P2. The third kappa shape index (κ3) is 67.0. The van der Waals surface area contributed by atoms with Crippen molar-refractivity contribution in [3.63, 3.8) is 0 Å². The van der Waals surface area contributed by atoms with E-state index in [1.807, 2.05) is 0 Å². The third-order valence-corrected chi connectivity index (χ3v) is 19.5. The second-order valence-corrected chi connectivity index (χ2v) is 29.8. The number of unbranched alkanes of at least 4 members (excludes halogenated alkanes) is 45. The number of esters is 4. The molecule has 0 saturated heterocycles. The van der Waals surface area contributed by atoms with Crippen molar-refractivity contribution in [1.82, 2.24) is 0 Å². The van der Waals surface area contributed by atoms with Gasteiger partial charge in [-0.25, -0.2) is 9.13 Å². The van der Waals surface area contributed by atoms with Crippen LogP contribution in [0, 0.1) is 5.92 Å². The lowest BCUT2D eigenvalue weighted by molar-refractivity contribution is -0.161. The van der Waals surface area contributed by atoms with Gasteiger partial charge in [-0.15, -0.1) is 0 Å². The Kier molecular flexibility index (Phi) is 65.9. The molecule has 0 aromatic carbocycles. The molecule has 0 aromatic heterocycles. The number of carbonyl (C=O) groups excluding carboxylic acids is 4. The van der Waals surface area contributed by atoms with Crippen LogP contribution in [0.5, 0.6) is 0 Å². The summed E-state index contributed by atoms with van der Waals surface area (Å²) in [5.41, 5.74) is 0. The van der Waals surface area contributed by atoms with Crippen molar-refractivity contribution in [2.45, 2.75) is 406 Å². The molecule has 19 heteroatoms. The van der Waals surface area contributed by atoms with Crippen LogP contribution in [0.4, 0.5) is 0 Å². The van der Waals surface area contributed by atoms with Gasteiger partial charge < -0.3 is 33.8 Å². The van der Waals surface area contributed by atoms with Crippen LogP contribution < -0.4 is 0 Å². The fourth-order valence-electron chi connectivity index (χ4n) is 11.3. The minimum Gasteiger partial charge on any atom is -0.462 e. The van der Waals surface area contributed by atoms with E-state index in [-0.39, 0.29) is 25.7 Å². The number of aliphatic hydroxyl groups excluding tert-OH is 1. The van der Waals surface area contributed by atoms with Crippen LogP contribution in [-0.2, 0) is 65.4 Å². The summed E-state index contributed by atoms with van der Waals surface area (Å²) in [5, 5.41) is 10.6. The molecule has 0 aliphatic heterocycles. The highest BCUT2D eigenvalue weighted by Gasteiger charge is 2.30. The molecule has 0 saturated carbocycles. The summed E-state index contributed by atoms with van der Waals surface area (Å²) in [4.78, 5) is 72.4. The summed E-state index contributed by atoms with van der Waals surface area (Å²) < 4.78 is 68.2. The monoisotopic (exact) mass is 1370 g/mol. The number of aliphatic hydroxyl groups is 1. The zero-order valence-corrected chi connectivity index (χ0v) is 62.2. The fraction of sp³-hybridized carbons (Fsp3) is 0.946. The average molecular weight is 1370 g/mol. The molecule has 0 aromatic rings. The molecule has 3 unspecified atom stereocenters. The van der Waals surface area contributed by atoms with Crippen molar-refractivity contribution in [1.29, 1.82) is 0 Å². The van der Waals surface area contributed by atoms with Crippen LogP contribution in [0.15, 0.2) is 0 Å². The Morgan fingerprint density at radius 2 is 0.516 bits per heavy atom. The number of rotatable bonds is 74. The molecule has 552 valence electrons. The molecule has 0 fully saturated rings. The maximum absolute atomic E-state index is 13.1. The van der Waals surface area contributed by atoms with Crippen LogP contribution in [0.2, 0.25) is 0 Å². The first-order chi connectivity index (χ1) is 45.1. The van der Waals surface area contributed by atoms with E-state index in [0.29, 0.717) is 25.7 Å². The topological polar surface area (TPSA) is 237 Å². The largest absolute Gasteiger partial charge is 0.472 e. The normalized spacial score (nSPS) is 14.3. The highest BCUT2D eigenvalue weighted by Crippen LogP contribution is 2.45. The van der Waals surface area contributed by atoms with Crippen molar-refractivity contribution in [3.05, 3.63) is 0 Å². The molecule has 93 heavy (non-hydrogen) atoms. The maximum Gasteiger partial charge on any atom is 0.472 e. The second kappa shape index (κ2) is 67.3. The van der Waals surface area contributed by atoms with Crippen molar-refractivity contribution < 1.29 is 80.2 Å². The first kappa shape index (κ1) is 91.1. The van der Waals surface area contributed by atoms with Gasteiger partial charge >= 0.3 is 39.5 Å². The van der Waals surface area contributed by atoms with E-state index in [0.717, 1.165) is 102 Å². The number of phosphoric acid groups is 2. The van der Waals surface area contributed by atoms with Gasteiger partial charge in [-0.1, -0.05) is 336 Å². The summed E-state index contributed by atoms with van der Waals surface area (Å²) >= 11 is 0. The predicted molar refractivity (Wildman–Crippen MR) is 377 cm³/mol. The Bertz CT molecular complexity index is 1790. The summed E-state index contributed by atoms with van der Waals surface area (Å²) in [5.74, 6) is -1.26. The minimum absolute atomic E-state index is 0.106. The van der Waals surface area contributed by atoms with E-state index in [1.54, 1.807) is 0 Å². The quantitative estimate of drug-likeness (QED) is 0.0222. The molecule has 0 aliphatic rings. The molecule has 0 aliphatic carbocycles.